The molecular weight excluding hydrogens is 402 g/mol. The highest BCUT2D eigenvalue weighted by Gasteiger charge is 2.38. The molecule has 0 radical (unpaired) electrons. The molecule has 2 aromatic rings. The number of nitriles is 1. The van der Waals surface area contributed by atoms with Crippen LogP contribution in [0.4, 0.5) is 5.69 Å². The van der Waals surface area contributed by atoms with Gasteiger partial charge in [-0.2, -0.15) is 10.4 Å². The van der Waals surface area contributed by atoms with Crippen LogP contribution in [0.5, 0.6) is 5.75 Å². The molecule has 4 rings (SSSR count). The predicted octanol–water partition coefficient (Wildman–Crippen LogP) is 2.66. The van der Waals surface area contributed by atoms with Crippen molar-refractivity contribution in [3.05, 3.63) is 74.6 Å². The maximum Gasteiger partial charge on any atom is 0.307 e. The fraction of sp³-hybridized carbons (Fsp3) is 0.286. The molecule has 0 bridgehead atoms. The summed E-state index contributed by atoms with van der Waals surface area (Å²) in [6, 6.07) is 7.41. The lowest BCUT2D eigenvalue weighted by Crippen LogP contribution is -2.27. The van der Waals surface area contributed by atoms with Crippen LogP contribution in [-0.4, -0.2) is 27.6 Å². The second-order valence-electron chi connectivity index (χ2n) is 7.26. The van der Waals surface area contributed by atoms with Crippen LogP contribution >= 0.6 is 0 Å². The summed E-state index contributed by atoms with van der Waals surface area (Å²) in [6.45, 7) is 0.203. The minimum absolute atomic E-state index is 0.000944. The molecule has 0 saturated carbocycles. The Morgan fingerprint density at radius 2 is 2.26 bits per heavy atom. The van der Waals surface area contributed by atoms with Gasteiger partial charge in [0.1, 0.15) is 35.5 Å². The molecule has 0 unspecified atom stereocenters. The van der Waals surface area contributed by atoms with Gasteiger partial charge >= 0.3 is 5.69 Å². The first-order chi connectivity index (χ1) is 14.9. The van der Waals surface area contributed by atoms with E-state index < -0.39 is 10.8 Å². The van der Waals surface area contributed by atoms with Crippen molar-refractivity contribution in [1.29, 1.82) is 5.26 Å². The minimum atomic E-state index is -0.641. The molecule has 2 heterocycles. The molecule has 10 nitrogen and oxygen atoms in total. The van der Waals surface area contributed by atoms with E-state index in [2.05, 4.69) is 11.2 Å². The van der Waals surface area contributed by atoms with Gasteiger partial charge in [-0.15, -0.1) is 0 Å². The van der Waals surface area contributed by atoms with Crippen LogP contribution in [0.15, 0.2) is 53.4 Å². The van der Waals surface area contributed by atoms with Crippen LogP contribution in [-0.2, 0) is 16.1 Å². The van der Waals surface area contributed by atoms with Crippen molar-refractivity contribution in [3.63, 3.8) is 0 Å². The number of aromatic nitrogens is 2. The second kappa shape index (κ2) is 7.95. The van der Waals surface area contributed by atoms with Crippen LogP contribution in [0.25, 0.3) is 0 Å². The number of ether oxygens (including phenoxy) is 2. The first-order valence-electron chi connectivity index (χ1n) is 9.60. The summed E-state index contributed by atoms with van der Waals surface area (Å²) in [7, 11) is 1.52. The highest BCUT2D eigenvalue weighted by atomic mass is 16.6. The number of carbonyl (C=O) groups excluding carboxylic acids is 1. The number of methoxy groups -OCH3 is 1. The zero-order valence-electron chi connectivity index (χ0n) is 16.7. The number of ketones is 1. The highest BCUT2D eigenvalue weighted by Crippen LogP contribution is 2.44. The molecule has 2 N–H and O–H groups in total. The number of Topliss-reactive ketones (excluding diaryl/α,β-unsaturated/α-hetero) is 1. The average molecular weight is 421 g/mol. The molecule has 0 fully saturated rings. The molecule has 0 spiro atoms. The van der Waals surface area contributed by atoms with E-state index >= 15 is 0 Å². The summed E-state index contributed by atoms with van der Waals surface area (Å²) in [5.41, 5.74) is 7.90. The van der Waals surface area contributed by atoms with Crippen molar-refractivity contribution >= 4 is 11.5 Å². The zero-order chi connectivity index (χ0) is 22.1. The van der Waals surface area contributed by atoms with E-state index in [0.717, 1.165) is 0 Å². The first-order valence-corrected chi connectivity index (χ1v) is 9.60. The molecule has 10 heteroatoms. The van der Waals surface area contributed by atoms with Gasteiger partial charge in [0, 0.05) is 24.0 Å². The second-order valence-corrected chi connectivity index (χ2v) is 7.26. The van der Waals surface area contributed by atoms with Gasteiger partial charge in [-0.1, -0.05) is 6.07 Å². The van der Waals surface area contributed by atoms with Crippen LogP contribution in [0.1, 0.15) is 36.3 Å². The van der Waals surface area contributed by atoms with E-state index in [4.69, 9.17) is 15.2 Å². The summed E-state index contributed by atoms with van der Waals surface area (Å²) in [4.78, 5) is 23.2. The lowest BCUT2D eigenvalue weighted by molar-refractivity contribution is -0.385. The fourth-order valence-corrected chi connectivity index (χ4v) is 4.00. The standard InChI is InChI=1S/C21H19N5O5/c1-30-17-6-5-12(7-13(17)10-25-11-14(9-24-25)26(28)29)19-15(8-22)21(23)31-18-4-2-3-16(27)20(18)19/h5-7,9,11,19H,2-4,10,23H2,1H3/t19-/m0/s1. The van der Waals surface area contributed by atoms with Crippen molar-refractivity contribution in [3.8, 4) is 11.8 Å². The summed E-state index contributed by atoms with van der Waals surface area (Å²) < 4.78 is 12.5. The molecule has 1 aliphatic heterocycles. The topological polar surface area (TPSA) is 146 Å². The monoisotopic (exact) mass is 421 g/mol. The molecule has 0 amide bonds. The van der Waals surface area contributed by atoms with Crippen molar-refractivity contribution in [2.75, 3.05) is 7.11 Å². The van der Waals surface area contributed by atoms with Crippen LogP contribution in [0, 0.1) is 21.4 Å². The molecule has 2 aliphatic rings. The van der Waals surface area contributed by atoms with Gasteiger partial charge in [-0.25, -0.2) is 0 Å². The highest BCUT2D eigenvalue weighted by molar-refractivity contribution is 5.99. The average Bonchev–Trinajstić information content (AvgIpc) is 3.22. The Morgan fingerprint density at radius 1 is 1.45 bits per heavy atom. The van der Waals surface area contributed by atoms with Gasteiger partial charge in [-0.05, 0) is 24.1 Å². The number of hydrogen-bond donors (Lipinski definition) is 1. The van der Waals surface area contributed by atoms with Crippen molar-refractivity contribution in [2.24, 2.45) is 5.73 Å². The SMILES string of the molecule is COc1ccc([C@H]2C(C#N)=C(N)OC3=C2C(=O)CCC3)cc1Cn1cc([N+](=O)[O-])cn1. The van der Waals surface area contributed by atoms with Gasteiger partial charge in [0.2, 0.25) is 5.88 Å². The van der Waals surface area contributed by atoms with Gasteiger partial charge in [-0.3, -0.25) is 19.6 Å². The molecule has 31 heavy (non-hydrogen) atoms. The number of benzene rings is 1. The number of nitrogens with two attached hydrogens (primary N) is 1. The number of nitro groups is 1. The van der Waals surface area contributed by atoms with Gasteiger partial charge in [0.05, 0.1) is 24.5 Å². The third-order valence-electron chi connectivity index (χ3n) is 5.41. The maximum absolute atomic E-state index is 12.7. The van der Waals surface area contributed by atoms with E-state index in [1.807, 2.05) is 0 Å². The van der Waals surface area contributed by atoms with Crippen molar-refractivity contribution < 1.29 is 19.2 Å². The summed E-state index contributed by atoms with van der Waals surface area (Å²) in [6.07, 6.45) is 4.13. The minimum Gasteiger partial charge on any atom is -0.496 e. The molecule has 1 aromatic carbocycles. The Morgan fingerprint density at radius 3 is 2.94 bits per heavy atom. The van der Waals surface area contributed by atoms with E-state index in [9.17, 15) is 20.2 Å². The quantitative estimate of drug-likeness (QED) is 0.572. The van der Waals surface area contributed by atoms with Crippen LogP contribution < -0.4 is 10.5 Å². The predicted molar refractivity (Wildman–Crippen MR) is 108 cm³/mol. The number of carbonyl (C=O) groups is 1. The number of rotatable bonds is 5. The van der Waals surface area contributed by atoms with E-state index in [-0.39, 0.29) is 29.5 Å². The van der Waals surface area contributed by atoms with Crippen LogP contribution in [0.3, 0.4) is 0 Å². The lowest BCUT2D eigenvalue weighted by Gasteiger charge is -2.31. The van der Waals surface area contributed by atoms with E-state index in [0.29, 0.717) is 47.5 Å². The Hall–Kier alpha value is -4.13. The van der Waals surface area contributed by atoms with Crippen LogP contribution in [0.2, 0.25) is 0 Å². The lowest BCUT2D eigenvalue weighted by atomic mass is 9.77. The Balaban J connectivity index is 1.79. The summed E-state index contributed by atoms with van der Waals surface area (Å²) in [5, 5.41) is 24.7. The number of nitrogens with zero attached hydrogens (tertiary/aromatic N) is 4. The Bertz CT molecular complexity index is 1190. The molecule has 1 aromatic heterocycles. The summed E-state index contributed by atoms with van der Waals surface area (Å²) >= 11 is 0. The third kappa shape index (κ3) is 3.61. The normalized spacial score (nSPS) is 18.3. The number of hydrogen-bond acceptors (Lipinski definition) is 8. The molecular formula is C21H19N5O5. The van der Waals surface area contributed by atoms with Crippen molar-refractivity contribution in [2.45, 2.75) is 31.7 Å². The first kappa shape index (κ1) is 20.2. The number of allylic oxidation sites excluding steroid dienone is 3. The summed E-state index contributed by atoms with van der Waals surface area (Å²) in [5.74, 6) is 0.358. The zero-order valence-corrected chi connectivity index (χ0v) is 16.7. The maximum atomic E-state index is 12.7. The largest absolute Gasteiger partial charge is 0.496 e. The molecule has 1 atom stereocenters. The van der Waals surface area contributed by atoms with E-state index in [1.54, 1.807) is 18.2 Å². The van der Waals surface area contributed by atoms with E-state index in [1.165, 1.54) is 24.2 Å². The third-order valence-corrected chi connectivity index (χ3v) is 5.41. The fourth-order valence-electron chi connectivity index (χ4n) is 4.00. The Labute approximate surface area is 177 Å². The Kier molecular flexibility index (Phi) is 5.17. The smallest absolute Gasteiger partial charge is 0.307 e. The van der Waals surface area contributed by atoms with Crippen molar-refractivity contribution in [1.82, 2.24) is 9.78 Å². The van der Waals surface area contributed by atoms with Gasteiger partial charge < -0.3 is 15.2 Å². The molecule has 1 aliphatic carbocycles. The van der Waals surface area contributed by atoms with Gasteiger partial charge in [0.15, 0.2) is 5.78 Å². The molecule has 0 saturated heterocycles. The van der Waals surface area contributed by atoms with Gasteiger partial charge in [0.25, 0.3) is 0 Å². The molecule has 158 valence electrons.